The lowest BCUT2D eigenvalue weighted by Gasteiger charge is -2.37. The van der Waals surface area contributed by atoms with Crippen LogP contribution in [-0.2, 0) is 4.74 Å². The van der Waals surface area contributed by atoms with E-state index < -0.39 is 0 Å². The molecule has 114 valence electrons. The first kappa shape index (κ1) is 17.0. The van der Waals surface area contributed by atoms with E-state index in [0.717, 1.165) is 5.75 Å². The van der Waals surface area contributed by atoms with E-state index in [-0.39, 0.29) is 17.6 Å². The first-order valence-corrected chi connectivity index (χ1v) is 7.45. The van der Waals surface area contributed by atoms with Crippen LogP contribution in [0.15, 0.2) is 24.3 Å². The third-order valence-electron chi connectivity index (χ3n) is 3.34. The molecule has 0 radical (unpaired) electrons. The average molecular weight is 279 g/mol. The van der Waals surface area contributed by atoms with E-state index in [4.69, 9.17) is 9.47 Å². The molecule has 0 saturated carbocycles. The third-order valence-corrected chi connectivity index (χ3v) is 3.34. The lowest BCUT2D eigenvalue weighted by atomic mass is 9.82. The van der Waals surface area contributed by atoms with E-state index in [0.29, 0.717) is 13.2 Å². The summed E-state index contributed by atoms with van der Waals surface area (Å²) >= 11 is 0. The minimum atomic E-state index is 0.0608. The lowest BCUT2D eigenvalue weighted by Crippen LogP contribution is -2.41. The zero-order valence-electron chi connectivity index (χ0n) is 13.7. The highest BCUT2D eigenvalue weighted by Crippen LogP contribution is 2.33. The molecule has 0 bridgehead atoms. The number of rotatable bonds is 7. The predicted octanol–water partition coefficient (Wildman–Crippen LogP) is 3.80. The van der Waals surface area contributed by atoms with Gasteiger partial charge in [0, 0.05) is 6.61 Å². The number of nitrogens with one attached hydrogen (secondary N) is 1. The summed E-state index contributed by atoms with van der Waals surface area (Å²) in [6.07, 6.45) is 0.106. The molecule has 1 N–H and O–H groups in total. The summed E-state index contributed by atoms with van der Waals surface area (Å²) in [4.78, 5) is 0. The number of benzene rings is 1. The molecule has 0 aliphatic heterocycles. The quantitative estimate of drug-likeness (QED) is 0.823. The average Bonchev–Trinajstić information content (AvgIpc) is 2.38. The van der Waals surface area contributed by atoms with Crippen LogP contribution in [0.4, 0.5) is 0 Å². The van der Waals surface area contributed by atoms with Crippen molar-refractivity contribution in [3.8, 4) is 5.75 Å². The molecule has 0 aromatic heterocycles. The van der Waals surface area contributed by atoms with E-state index in [1.54, 1.807) is 0 Å². The minimum Gasteiger partial charge on any atom is -0.494 e. The lowest BCUT2D eigenvalue weighted by molar-refractivity contribution is -0.0351. The maximum Gasteiger partial charge on any atom is 0.119 e. The molecule has 0 fully saturated rings. The normalized spacial score (nSPS) is 14.9. The second-order valence-electron chi connectivity index (χ2n) is 6.01. The fraction of sp³-hybridized carbons (Fsp3) is 0.647. The van der Waals surface area contributed by atoms with Gasteiger partial charge in [-0.1, -0.05) is 32.9 Å². The Morgan fingerprint density at radius 3 is 2.35 bits per heavy atom. The van der Waals surface area contributed by atoms with Gasteiger partial charge >= 0.3 is 0 Å². The van der Waals surface area contributed by atoms with E-state index in [9.17, 15) is 0 Å². The summed E-state index contributed by atoms with van der Waals surface area (Å²) in [6.45, 7) is 12.1. The molecule has 0 aliphatic rings. The Labute approximate surface area is 123 Å². The monoisotopic (exact) mass is 279 g/mol. The summed E-state index contributed by atoms with van der Waals surface area (Å²) in [7, 11) is 1.98. The molecule has 3 heteroatoms. The van der Waals surface area contributed by atoms with Crippen molar-refractivity contribution in [3.05, 3.63) is 29.8 Å². The van der Waals surface area contributed by atoms with Crippen molar-refractivity contribution in [3.63, 3.8) is 0 Å². The molecule has 0 saturated heterocycles. The molecular weight excluding hydrogens is 250 g/mol. The second-order valence-corrected chi connectivity index (χ2v) is 6.01. The summed E-state index contributed by atoms with van der Waals surface area (Å²) in [5, 5.41) is 3.40. The Balaban J connectivity index is 3.06. The van der Waals surface area contributed by atoms with Gasteiger partial charge in [0.2, 0.25) is 0 Å². The van der Waals surface area contributed by atoms with Gasteiger partial charge < -0.3 is 14.8 Å². The van der Waals surface area contributed by atoms with E-state index >= 15 is 0 Å². The molecular formula is C17H29NO2. The minimum absolute atomic E-state index is 0.0608. The second kappa shape index (κ2) is 7.65. The highest BCUT2D eigenvalue weighted by atomic mass is 16.5. The van der Waals surface area contributed by atoms with Crippen molar-refractivity contribution >= 4 is 0 Å². The SMILES string of the molecule is CCOc1cccc(C(NC)C(OCC)C(C)(C)C)c1. The maximum atomic E-state index is 6.01. The van der Waals surface area contributed by atoms with E-state index in [1.165, 1.54) is 5.56 Å². The van der Waals surface area contributed by atoms with Gasteiger partial charge in [-0.05, 0) is 44.0 Å². The topological polar surface area (TPSA) is 30.5 Å². The molecule has 3 nitrogen and oxygen atoms in total. The van der Waals surface area contributed by atoms with Gasteiger partial charge in [-0.2, -0.15) is 0 Å². The summed E-state index contributed by atoms with van der Waals surface area (Å²) < 4.78 is 11.6. The molecule has 0 amide bonds. The van der Waals surface area contributed by atoms with Crippen LogP contribution in [0.25, 0.3) is 0 Å². The Hall–Kier alpha value is -1.06. The van der Waals surface area contributed by atoms with Crippen LogP contribution in [0.1, 0.15) is 46.2 Å². The van der Waals surface area contributed by atoms with Crippen molar-refractivity contribution in [1.29, 1.82) is 0 Å². The van der Waals surface area contributed by atoms with Gasteiger partial charge in [0.1, 0.15) is 5.75 Å². The van der Waals surface area contributed by atoms with Gasteiger partial charge in [0.05, 0.1) is 18.8 Å². The van der Waals surface area contributed by atoms with Crippen molar-refractivity contribution in [2.24, 2.45) is 5.41 Å². The molecule has 2 unspecified atom stereocenters. The number of likely N-dealkylation sites (N-methyl/N-ethyl adjacent to an activating group) is 1. The fourth-order valence-electron chi connectivity index (χ4n) is 2.48. The van der Waals surface area contributed by atoms with Crippen LogP contribution >= 0.6 is 0 Å². The Morgan fingerprint density at radius 1 is 1.15 bits per heavy atom. The van der Waals surface area contributed by atoms with Crippen LogP contribution in [0, 0.1) is 5.41 Å². The number of ether oxygens (including phenoxy) is 2. The Morgan fingerprint density at radius 2 is 1.85 bits per heavy atom. The van der Waals surface area contributed by atoms with Gasteiger partial charge in [-0.15, -0.1) is 0 Å². The molecule has 0 aliphatic carbocycles. The number of hydrogen-bond acceptors (Lipinski definition) is 3. The molecule has 20 heavy (non-hydrogen) atoms. The third kappa shape index (κ3) is 4.50. The largest absolute Gasteiger partial charge is 0.494 e. The molecule has 2 atom stereocenters. The molecule has 1 aromatic carbocycles. The van der Waals surface area contributed by atoms with Crippen molar-refractivity contribution < 1.29 is 9.47 Å². The fourth-order valence-corrected chi connectivity index (χ4v) is 2.48. The summed E-state index contributed by atoms with van der Waals surface area (Å²) in [5.74, 6) is 0.911. The van der Waals surface area contributed by atoms with Gasteiger partial charge in [-0.25, -0.2) is 0 Å². The Kier molecular flexibility index (Phi) is 6.50. The summed E-state index contributed by atoms with van der Waals surface area (Å²) in [5.41, 5.74) is 1.26. The Bertz CT molecular complexity index is 398. The first-order chi connectivity index (χ1) is 9.43. The standard InChI is InChI=1S/C17H29NO2/c1-7-19-14-11-9-10-13(12-14)15(18-6)16(20-8-2)17(3,4)5/h9-12,15-16,18H,7-8H2,1-6H3. The smallest absolute Gasteiger partial charge is 0.119 e. The first-order valence-electron chi connectivity index (χ1n) is 7.45. The zero-order valence-corrected chi connectivity index (χ0v) is 13.7. The molecule has 0 spiro atoms. The van der Waals surface area contributed by atoms with Crippen molar-refractivity contribution in [2.75, 3.05) is 20.3 Å². The highest BCUT2D eigenvalue weighted by molar-refractivity contribution is 5.31. The maximum absolute atomic E-state index is 6.01. The van der Waals surface area contributed by atoms with Crippen LogP contribution in [0.5, 0.6) is 5.75 Å². The molecule has 1 rings (SSSR count). The van der Waals surface area contributed by atoms with Crippen LogP contribution in [-0.4, -0.2) is 26.4 Å². The molecule has 0 heterocycles. The zero-order chi connectivity index (χ0) is 15.2. The van der Waals surface area contributed by atoms with Crippen LogP contribution in [0.3, 0.4) is 0 Å². The predicted molar refractivity (Wildman–Crippen MR) is 84.3 cm³/mol. The van der Waals surface area contributed by atoms with E-state index in [2.05, 4.69) is 38.2 Å². The van der Waals surface area contributed by atoms with Gasteiger partial charge in [0.15, 0.2) is 0 Å². The van der Waals surface area contributed by atoms with Gasteiger partial charge in [0.25, 0.3) is 0 Å². The van der Waals surface area contributed by atoms with Crippen molar-refractivity contribution in [2.45, 2.75) is 46.8 Å². The highest BCUT2D eigenvalue weighted by Gasteiger charge is 2.33. The molecule has 1 aromatic rings. The van der Waals surface area contributed by atoms with Gasteiger partial charge in [-0.3, -0.25) is 0 Å². The van der Waals surface area contributed by atoms with Crippen LogP contribution in [0.2, 0.25) is 0 Å². The van der Waals surface area contributed by atoms with E-state index in [1.807, 2.05) is 33.0 Å². The van der Waals surface area contributed by atoms with Crippen LogP contribution < -0.4 is 10.1 Å². The van der Waals surface area contributed by atoms with Crippen molar-refractivity contribution in [1.82, 2.24) is 5.32 Å². The summed E-state index contributed by atoms with van der Waals surface area (Å²) in [6, 6.07) is 8.41. The number of hydrogen-bond donors (Lipinski definition) is 1.